The van der Waals surface area contributed by atoms with E-state index in [1.165, 1.54) is 13.4 Å². The largest absolute Gasteiger partial charge is 0.465 e. The highest BCUT2D eigenvalue weighted by Crippen LogP contribution is 2.31. The average Bonchev–Trinajstić information content (AvgIpc) is 3.28. The fraction of sp³-hybridized carbons (Fsp3) is 0.105. The number of ether oxygens (including phenoxy) is 1. The number of fused-ring (bicyclic) bond motifs is 1. The monoisotopic (exact) mass is 408 g/mol. The number of esters is 1. The second-order valence-corrected chi connectivity index (χ2v) is 6.40. The van der Waals surface area contributed by atoms with E-state index < -0.39 is 5.97 Å². The third kappa shape index (κ3) is 3.15. The predicted octanol–water partition coefficient (Wildman–Crippen LogP) is 3.77. The molecule has 0 aliphatic carbocycles. The summed E-state index contributed by atoms with van der Waals surface area (Å²) >= 11 is 6.07. The summed E-state index contributed by atoms with van der Waals surface area (Å²) in [6.45, 7) is 1.57. The molecular weight excluding hydrogens is 396 g/mol. The molecule has 0 unspecified atom stereocenters. The van der Waals surface area contributed by atoms with Gasteiger partial charge in [0.15, 0.2) is 5.65 Å². The van der Waals surface area contributed by atoms with Gasteiger partial charge in [0.05, 0.1) is 24.4 Å². The van der Waals surface area contributed by atoms with Crippen LogP contribution in [0.5, 0.6) is 0 Å². The van der Waals surface area contributed by atoms with Crippen LogP contribution in [0.25, 0.3) is 16.7 Å². The quantitative estimate of drug-likeness (QED) is 0.507. The van der Waals surface area contributed by atoms with Gasteiger partial charge in [-0.1, -0.05) is 17.7 Å². The predicted molar refractivity (Wildman–Crippen MR) is 104 cm³/mol. The van der Waals surface area contributed by atoms with Gasteiger partial charge in [0.1, 0.15) is 35.1 Å². The molecule has 0 radical (unpaired) electrons. The molecular formula is C19H13ClN6O3. The number of nitrogens with zero attached hydrogens (tertiary/aromatic N) is 5. The SMILES string of the molecule is COC(=O)c1c(C)oc(Nc2ncnc3c2cnn3-c2cccc(Cl)c2)c1C#N. The lowest BCUT2D eigenvalue weighted by Gasteiger charge is -2.05. The van der Waals surface area contributed by atoms with Crippen molar-refractivity contribution in [2.45, 2.75) is 6.92 Å². The molecule has 0 bridgehead atoms. The number of methoxy groups -OCH3 is 1. The number of carbonyl (C=O) groups is 1. The van der Waals surface area contributed by atoms with E-state index in [4.69, 9.17) is 20.8 Å². The second-order valence-electron chi connectivity index (χ2n) is 5.96. The van der Waals surface area contributed by atoms with Crippen molar-refractivity contribution in [2.24, 2.45) is 0 Å². The van der Waals surface area contributed by atoms with Crippen LogP contribution < -0.4 is 5.32 Å². The molecule has 0 spiro atoms. The number of furan rings is 1. The Labute approximate surface area is 169 Å². The summed E-state index contributed by atoms with van der Waals surface area (Å²) in [4.78, 5) is 20.5. The van der Waals surface area contributed by atoms with Crippen LogP contribution in [0.1, 0.15) is 21.7 Å². The minimum atomic E-state index is -0.655. The molecule has 4 rings (SSSR count). The van der Waals surface area contributed by atoms with Crippen LogP contribution in [-0.2, 0) is 4.74 Å². The number of halogens is 1. The molecule has 1 aromatic carbocycles. The normalized spacial score (nSPS) is 10.7. The van der Waals surface area contributed by atoms with E-state index in [-0.39, 0.29) is 22.8 Å². The van der Waals surface area contributed by atoms with Gasteiger partial charge in [0.25, 0.3) is 0 Å². The third-order valence-corrected chi connectivity index (χ3v) is 4.47. The summed E-state index contributed by atoms with van der Waals surface area (Å²) in [6.07, 6.45) is 2.94. The molecule has 10 heteroatoms. The van der Waals surface area contributed by atoms with Crippen LogP contribution in [0.15, 0.2) is 41.2 Å². The Bertz CT molecular complexity index is 1290. The van der Waals surface area contributed by atoms with Gasteiger partial charge in [-0.2, -0.15) is 10.4 Å². The lowest BCUT2D eigenvalue weighted by molar-refractivity contribution is 0.0598. The summed E-state index contributed by atoms with van der Waals surface area (Å²) in [5.74, 6) is 0.0548. The fourth-order valence-corrected chi connectivity index (χ4v) is 3.12. The molecule has 29 heavy (non-hydrogen) atoms. The van der Waals surface area contributed by atoms with E-state index in [2.05, 4.69) is 20.4 Å². The minimum absolute atomic E-state index is 0.0309. The van der Waals surface area contributed by atoms with E-state index in [1.807, 2.05) is 18.2 Å². The molecule has 3 heterocycles. The van der Waals surface area contributed by atoms with Crippen LogP contribution in [0, 0.1) is 18.3 Å². The van der Waals surface area contributed by atoms with Crippen molar-refractivity contribution in [3.05, 3.63) is 58.7 Å². The average molecular weight is 409 g/mol. The summed E-state index contributed by atoms with van der Waals surface area (Å²) in [5, 5.41) is 18.0. The molecule has 0 atom stereocenters. The lowest BCUT2D eigenvalue weighted by atomic mass is 10.1. The number of anilines is 2. The maximum atomic E-state index is 12.0. The van der Waals surface area contributed by atoms with Crippen molar-refractivity contribution < 1.29 is 13.9 Å². The topological polar surface area (TPSA) is 119 Å². The molecule has 0 saturated heterocycles. The van der Waals surface area contributed by atoms with E-state index in [0.717, 1.165) is 5.69 Å². The van der Waals surface area contributed by atoms with Gasteiger partial charge in [-0.15, -0.1) is 0 Å². The van der Waals surface area contributed by atoms with Crippen LogP contribution in [0.2, 0.25) is 5.02 Å². The number of aryl methyl sites for hydroxylation is 1. The smallest absolute Gasteiger partial charge is 0.342 e. The van der Waals surface area contributed by atoms with E-state index in [9.17, 15) is 10.1 Å². The van der Waals surface area contributed by atoms with Gasteiger partial charge in [0, 0.05) is 5.02 Å². The van der Waals surface area contributed by atoms with Crippen molar-refractivity contribution in [2.75, 3.05) is 12.4 Å². The molecule has 0 amide bonds. The van der Waals surface area contributed by atoms with Crippen molar-refractivity contribution >= 4 is 40.3 Å². The van der Waals surface area contributed by atoms with E-state index in [0.29, 0.717) is 21.9 Å². The Hall–Kier alpha value is -3.90. The zero-order chi connectivity index (χ0) is 20.5. The van der Waals surface area contributed by atoms with Crippen LogP contribution in [-0.4, -0.2) is 32.8 Å². The Kier molecular flexibility index (Phi) is 4.62. The number of carbonyl (C=O) groups excluding carboxylic acids is 1. The Morgan fingerprint density at radius 2 is 2.21 bits per heavy atom. The zero-order valence-electron chi connectivity index (χ0n) is 15.3. The molecule has 4 aromatic rings. The highest BCUT2D eigenvalue weighted by Gasteiger charge is 2.25. The second kappa shape index (κ2) is 7.26. The fourth-order valence-electron chi connectivity index (χ4n) is 2.94. The number of rotatable bonds is 4. The molecule has 144 valence electrons. The lowest BCUT2D eigenvalue weighted by Crippen LogP contribution is -2.04. The molecule has 9 nitrogen and oxygen atoms in total. The number of hydrogen-bond acceptors (Lipinski definition) is 8. The first-order valence-electron chi connectivity index (χ1n) is 8.37. The molecule has 0 aliphatic heterocycles. The van der Waals surface area contributed by atoms with Gasteiger partial charge in [0.2, 0.25) is 5.88 Å². The van der Waals surface area contributed by atoms with Crippen molar-refractivity contribution in [3.8, 4) is 11.8 Å². The first-order valence-corrected chi connectivity index (χ1v) is 8.74. The van der Waals surface area contributed by atoms with Crippen LogP contribution in [0.4, 0.5) is 11.7 Å². The number of benzene rings is 1. The number of hydrogen-bond donors (Lipinski definition) is 1. The third-order valence-electron chi connectivity index (χ3n) is 4.24. The highest BCUT2D eigenvalue weighted by molar-refractivity contribution is 6.30. The molecule has 3 aromatic heterocycles. The Balaban J connectivity index is 1.79. The Morgan fingerprint density at radius 3 is 2.93 bits per heavy atom. The van der Waals surface area contributed by atoms with Gasteiger partial charge in [-0.3, -0.25) is 0 Å². The zero-order valence-corrected chi connectivity index (χ0v) is 16.1. The number of aromatic nitrogens is 4. The van der Waals surface area contributed by atoms with Crippen molar-refractivity contribution in [1.82, 2.24) is 19.7 Å². The van der Waals surface area contributed by atoms with E-state index >= 15 is 0 Å². The standard InChI is InChI=1S/C19H13ClN6O3/c1-10-15(19(27)28-2)13(7-21)18(29-10)25-16-14-8-24-26(17(14)23-9-22-16)12-5-3-4-11(20)6-12/h3-6,8-9H,1-2H3,(H,22,23,25). The molecule has 0 saturated carbocycles. The van der Waals surface area contributed by atoms with Crippen LogP contribution >= 0.6 is 11.6 Å². The molecule has 1 N–H and O–H groups in total. The maximum absolute atomic E-state index is 12.0. The van der Waals surface area contributed by atoms with Crippen molar-refractivity contribution in [3.63, 3.8) is 0 Å². The van der Waals surface area contributed by atoms with Gasteiger partial charge >= 0.3 is 5.97 Å². The van der Waals surface area contributed by atoms with Crippen molar-refractivity contribution in [1.29, 1.82) is 5.26 Å². The van der Waals surface area contributed by atoms with Gasteiger partial charge in [-0.05, 0) is 25.1 Å². The maximum Gasteiger partial charge on any atom is 0.342 e. The van der Waals surface area contributed by atoms with Gasteiger partial charge < -0.3 is 14.5 Å². The van der Waals surface area contributed by atoms with E-state index in [1.54, 1.807) is 29.9 Å². The number of nitrogens with one attached hydrogen (secondary N) is 1. The van der Waals surface area contributed by atoms with Crippen LogP contribution in [0.3, 0.4) is 0 Å². The first-order chi connectivity index (χ1) is 14.0. The summed E-state index contributed by atoms with van der Waals surface area (Å²) in [6, 6.07) is 9.15. The first kappa shape index (κ1) is 18.5. The highest BCUT2D eigenvalue weighted by atomic mass is 35.5. The number of nitriles is 1. The summed E-state index contributed by atoms with van der Waals surface area (Å²) in [5.41, 5.74) is 1.36. The minimum Gasteiger partial charge on any atom is -0.465 e. The molecule has 0 fully saturated rings. The summed E-state index contributed by atoms with van der Waals surface area (Å²) in [7, 11) is 1.24. The summed E-state index contributed by atoms with van der Waals surface area (Å²) < 4.78 is 11.9. The van der Waals surface area contributed by atoms with Gasteiger partial charge in [-0.25, -0.2) is 19.4 Å². The Morgan fingerprint density at radius 1 is 1.38 bits per heavy atom. The molecule has 0 aliphatic rings.